The van der Waals surface area contributed by atoms with Gasteiger partial charge in [0, 0.05) is 0 Å². The SMILES string of the molecule is OC1(c2cc[c]cc2)CCCCC1. The minimum absolute atomic E-state index is 0.548. The van der Waals surface area contributed by atoms with Crippen LogP contribution < -0.4 is 0 Å². The van der Waals surface area contributed by atoms with Crippen LogP contribution in [0.15, 0.2) is 24.3 Å². The summed E-state index contributed by atoms with van der Waals surface area (Å²) in [5.74, 6) is 0. The van der Waals surface area contributed by atoms with Crippen molar-refractivity contribution in [3.05, 3.63) is 35.9 Å². The first kappa shape index (κ1) is 8.76. The predicted octanol–water partition coefficient (Wildman–Crippen LogP) is 2.64. The molecule has 0 amide bonds. The number of hydrogen-bond donors (Lipinski definition) is 1. The van der Waals surface area contributed by atoms with Crippen molar-refractivity contribution in [1.82, 2.24) is 0 Å². The number of hydrogen-bond acceptors (Lipinski definition) is 1. The minimum Gasteiger partial charge on any atom is -0.385 e. The molecular formula is C12H15O. The molecular weight excluding hydrogens is 160 g/mol. The lowest BCUT2D eigenvalue weighted by Gasteiger charge is -2.32. The van der Waals surface area contributed by atoms with E-state index in [1.807, 2.05) is 24.3 Å². The average molecular weight is 175 g/mol. The summed E-state index contributed by atoms with van der Waals surface area (Å²) in [6.07, 6.45) is 5.39. The first-order valence-electron chi connectivity index (χ1n) is 5.00. The molecule has 1 saturated carbocycles. The van der Waals surface area contributed by atoms with Crippen molar-refractivity contribution < 1.29 is 5.11 Å². The second kappa shape index (κ2) is 3.51. The van der Waals surface area contributed by atoms with Crippen LogP contribution in [0, 0.1) is 6.07 Å². The fourth-order valence-corrected chi connectivity index (χ4v) is 2.12. The summed E-state index contributed by atoms with van der Waals surface area (Å²) >= 11 is 0. The monoisotopic (exact) mass is 175 g/mol. The maximum absolute atomic E-state index is 10.3. The van der Waals surface area contributed by atoms with Crippen LogP contribution in [0.1, 0.15) is 37.7 Å². The van der Waals surface area contributed by atoms with E-state index in [9.17, 15) is 5.11 Å². The Morgan fingerprint density at radius 1 is 1.08 bits per heavy atom. The molecule has 0 spiro atoms. The van der Waals surface area contributed by atoms with Crippen molar-refractivity contribution in [2.45, 2.75) is 37.7 Å². The van der Waals surface area contributed by atoms with Crippen molar-refractivity contribution >= 4 is 0 Å². The van der Waals surface area contributed by atoms with Crippen molar-refractivity contribution in [1.29, 1.82) is 0 Å². The maximum Gasteiger partial charge on any atom is 0.0896 e. The van der Waals surface area contributed by atoms with Crippen molar-refractivity contribution in [3.8, 4) is 0 Å². The molecule has 1 radical (unpaired) electrons. The molecule has 0 heterocycles. The van der Waals surface area contributed by atoms with Gasteiger partial charge in [0.1, 0.15) is 0 Å². The molecule has 1 nitrogen and oxygen atoms in total. The van der Waals surface area contributed by atoms with Crippen molar-refractivity contribution in [3.63, 3.8) is 0 Å². The Bertz CT molecular complexity index is 260. The summed E-state index contributed by atoms with van der Waals surface area (Å²) in [6.45, 7) is 0. The third kappa shape index (κ3) is 1.75. The van der Waals surface area contributed by atoms with Crippen LogP contribution in [0.3, 0.4) is 0 Å². The highest BCUT2D eigenvalue weighted by atomic mass is 16.3. The zero-order chi connectivity index (χ0) is 9.15. The van der Waals surface area contributed by atoms with Crippen LogP contribution in [-0.4, -0.2) is 5.11 Å². The summed E-state index contributed by atoms with van der Waals surface area (Å²) in [4.78, 5) is 0. The molecule has 1 N–H and O–H groups in total. The normalized spacial score (nSPS) is 21.3. The molecule has 1 fully saturated rings. The molecule has 69 valence electrons. The van der Waals surface area contributed by atoms with E-state index in [0.717, 1.165) is 31.2 Å². The van der Waals surface area contributed by atoms with Crippen LogP contribution in [-0.2, 0) is 5.60 Å². The third-order valence-corrected chi connectivity index (χ3v) is 2.94. The molecule has 1 aliphatic rings. The van der Waals surface area contributed by atoms with E-state index >= 15 is 0 Å². The van der Waals surface area contributed by atoms with Crippen molar-refractivity contribution in [2.75, 3.05) is 0 Å². The van der Waals surface area contributed by atoms with Gasteiger partial charge < -0.3 is 5.11 Å². The van der Waals surface area contributed by atoms with Gasteiger partial charge in [0.15, 0.2) is 0 Å². The molecule has 0 unspecified atom stereocenters. The minimum atomic E-state index is -0.548. The first-order valence-corrected chi connectivity index (χ1v) is 5.00. The first-order chi connectivity index (χ1) is 6.31. The van der Waals surface area contributed by atoms with Gasteiger partial charge in [0.2, 0.25) is 0 Å². The Labute approximate surface area is 79.4 Å². The Kier molecular flexibility index (Phi) is 2.36. The van der Waals surface area contributed by atoms with Gasteiger partial charge in [-0.25, -0.2) is 0 Å². The van der Waals surface area contributed by atoms with Gasteiger partial charge in [-0.1, -0.05) is 43.5 Å². The van der Waals surface area contributed by atoms with Crippen LogP contribution in [0.2, 0.25) is 0 Å². The van der Waals surface area contributed by atoms with Gasteiger partial charge in [0.25, 0.3) is 0 Å². The highest BCUT2D eigenvalue weighted by Crippen LogP contribution is 2.36. The Morgan fingerprint density at radius 2 is 1.69 bits per heavy atom. The summed E-state index contributed by atoms with van der Waals surface area (Å²) in [6, 6.07) is 10.7. The molecule has 0 bridgehead atoms. The van der Waals surface area contributed by atoms with E-state index in [2.05, 4.69) is 6.07 Å². The van der Waals surface area contributed by atoms with Crippen LogP contribution in [0.25, 0.3) is 0 Å². The van der Waals surface area contributed by atoms with Gasteiger partial charge in [-0.3, -0.25) is 0 Å². The fraction of sp³-hybridized carbons (Fsp3) is 0.500. The van der Waals surface area contributed by atoms with Crippen LogP contribution in [0.4, 0.5) is 0 Å². The fourth-order valence-electron chi connectivity index (χ4n) is 2.12. The second-order valence-corrected chi connectivity index (χ2v) is 3.88. The van der Waals surface area contributed by atoms with Crippen LogP contribution in [0.5, 0.6) is 0 Å². The van der Waals surface area contributed by atoms with E-state index in [0.29, 0.717) is 0 Å². The molecule has 2 rings (SSSR count). The predicted molar refractivity (Wildman–Crippen MR) is 52.3 cm³/mol. The van der Waals surface area contributed by atoms with Crippen molar-refractivity contribution in [2.24, 2.45) is 0 Å². The Hall–Kier alpha value is -0.820. The standard InChI is InChI=1S/C12H15O/c13-12(9-5-2-6-10-12)11-7-3-1-4-8-11/h3-4,7-8,13H,2,5-6,9-10H2. The molecule has 1 aliphatic carbocycles. The lowest BCUT2D eigenvalue weighted by molar-refractivity contribution is -0.000627. The van der Waals surface area contributed by atoms with Gasteiger partial charge in [-0.2, -0.15) is 0 Å². The molecule has 1 aromatic carbocycles. The van der Waals surface area contributed by atoms with E-state index in [-0.39, 0.29) is 0 Å². The lowest BCUT2D eigenvalue weighted by Crippen LogP contribution is -2.28. The summed E-state index contributed by atoms with van der Waals surface area (Å²) < 4.78 is 0. The maximum atomic E-state index is 10.3. The quantitative estimate of drug-likeness (QED) is 0.695. The number of aliphatic hydroxyl groups is 1. The molecule has 1 heteroatoms. The zero-order valence-corrected chi connectivity index (χ0v) is 7.79. The van der Waals surface area contributed by atoms with Gasteiger partial charge in [-0.05, 0) is 24.5 Å². The second-order valence-electron chi connectivity index (χ2n) is 3.88. The summed E-state index contributed by atoms with van der Waals surface area (Å²) in [7, 11) is 0. The highest BCUT2D eigenvalue weighted by molar-refractivity contribution is 5.21. The number of rotatable bonds is 1. The molecule has 1 aromatic rings. The molecule has 13 heavy (non-hydrogen) atoms. The topological polar surface area (TPSA) is 20.2 Å². The van der Waals surface area contributed by atoms with Gasteiger partial charge in [0.05, 0.1) is 5.60 Å². The van der Waals surface area contributed by atoms with E-state index in [1.165, 1.54) is 6.42 Å². The van der Waals surface area contributed by atoms with E-state index in [1.54, 1.807) is 0 Å². The van der Waals surface area contributed by atoms with E-state index < -0.39 is 5.60 Å². The summed E-state index contributed by atoms with van der Waals surface area (Å²) in [5, 5.41) is 10.3. The summed E-state index contributed by atoms with van der Waals surface area (Å²) in [5.41, 5.74) is 0.513. The Balaban J connectivity index is 2.23. The average Bonchev–Trinajstić information content (AvgIpc) is 2.20. The van der Waals surface area contributed by atoms with E-state index in [4.69, 9.17) is 0 Å². The molecule has 0 atom stereocenters. The van der Waals surface area contributed by atoms with Gasteiger partial charge in [-0.15, -0.1) is 0 Å². The van der Waals surface area contributed by atoms with Gasteiger partial charge >= 0.3 is 0 Å². The number of benzene rings is 1. The largest absolute Gasteiger partial charge is 0.385 e. The smallest absolute Gasteiger partial charge is 0.0896 e. The zero-order valence-electron chi connectivity index (χ0n) is 7.79. The Morgan fingerprint density at radius 3 is 2.31 bits per heavy atom. The molecule has 0 aliphatic heterocycles. The van der Waals surface area contributed by atoms with Crippen LogP contribution >= 0.6 is 0 Å². The molecule has 0 aromatic heterocycles. The lowest BCUT2D eigenvalue weighted by atomic mass is 9.80. The highest BCUT2D eigenvalue weighted by Gasteiger charge is 2.30. The molecule has 0 saturated heterocycles. The third-order valence-electron chi connectivity index (χ3n) is 2.94.